The molecule has 0 bridgehead atoms. The second-order valence-electron chi connectivity index (χ2n) is 5.63. The highest BCUT2D eigenvalue weighted by molar-refractivity contribution is 5.79. The maximum Gasteiger partial charge on any atom is 0.407 e. The zero-order valence-corrected chi connectivity index (χ0v) is 15.3. The summed E-state index contributed by atoms with van der Waals surface area (Å²) < 4.78 is 25.5. The normalized spacial score (nSPS) is 12.2. The molecule has 0 aliphatic rings. The first-order chi connectivity index (χ1) is 12.0. The van der Waals surface area contributed by atoms with Crippen molar-refractivity contribution in [1.29, 1.82) is 0 Å². The van der Waals surface area contributed by atoms with E-state index in [1.165, 1.54) is 0 Å². The van der Waals surface area contributed by atoms with E-state index in [-0.39, 0.29) is 19.1 Å². The lowest BCUT2D eigenvalue weighted by molar-refractivity contribution is -0.139. The summed E-state index contributed by atoms with van der Waals surface area (Å²) in [6, 6.07) is -0.951. The number of nitrogens with one attached hydrogen (secondary N) is 1. The maximum absolute atomic E-state index is 11.5. The molecule has 0 aromatic carbocycles. The molecule has 0 aliphatic heterocycles. The SMILES string of the molecule is COCCOCCOCCOCCOC(=O)N[C@@H](CC(C)C)C(=O)O. The molecule has 0 saturated heterocycles. The third-order valence-corrected chi connectivity index (χ3v) is 2.93. The molecule has 2 N–H and O–H groups in total. The van der Waals surface area contributed by atoms with Crippen LogP contribution in [0.2, 0.25) is 0 Å². The Bertz CT molecular complexity index is 351. The Morgan fingerprint density at radius 3 is 1.80 bits per heavy atom. The van der Waals surface area contributed by atoms with E-state index in [1.807, 2.05) is 13.8 Å². The van der Waals surface area contributed by atoms with Crippen molar-refractivity contribution in [2.75, 3.05) is 60.0 Å². The number of methoxy groups -OCH3 is 1. The summed E-state index contributed by atoms with van der Waals surface area (Å²) in [5.41, 5.74) is 0. The van der Waals surface area contributed by atoms with Crippen LogP contribution in [-0.2, 0) is 28.5 Å². The second-order valence-corrected chi connectivity index (χ2v) is 5.63. The van der Waals surface area contributed by atoms with Gasteiger partial charge in [-0.1, -0.05) is 13.8 Å². The third-order valence-electron chi connectivity index (χ3n) is 2.93. The van der Waals surface area contributed by atoms with Gasteiger partial charge in [-0.3, -0.25) is 0 Å². The molecule has 0 unspecified atom stereocenters. The molecule has 0 aromatic rings. The predicted octanol–water partition coefficient (Wildman–Crippen LogP) is 0.908. The summed E-state index contributed by atoms with van der Waals surface area (Å²) >= 11 is 0. The van der Waals surface area contributed by atoms with Gasteiger partial charge in [0.25, 0.3) is 0 Å². The lowest BCUT2D eigenvalue weighted by atomic mass is 10.0. The number of carbonyl (C=O) groups excluding carboxylic acids is 1. The molecule has 25 heavy (non-hydrogen) atoms. The van der Waals surface area contributed by atoms with Crippen LogP contribution in [0, 0.1) is 5.92 Å². The van der Waals surface area contributed by atoms with Crippen LogP contribution in [0.4, 0.5) is 4.79 Å². The average Bonchev–Trinajstić information content (AvgIpc) is 2.54. The average molecular weight is 365 g/mol. The van der Waals surface area contributed by atoms with Crippen molar-refractivity contribution < 1.29 is 38.4 Å². The van der Waals surface area contributed by atoms with Crippen LogP contribution in [0.5, 0.6) is 0 Å². The molecule has 148 valence electrons. The van der Waals surface area contributed by atoms with Gasteiger partial charge in [-0.25, -0.2) is 9.59 Å². The summed E-state index contributed by atoms with van der Waals surface area (Å²) in [5, 5.41) is 11.3. The molecule has 0 saturated carbocycles. The first kappa shape index (κ1) is 23.6. The molecule has 9 nitrogen and oxygen atoms in total. The van der Waals surface area contributed by atoms with Crippen LogP contribution in [0.15, 0.2) is 0 Å². The second kappa shape index (κ2) is 16.1. The largest absolute Gasteiger partial charge is 0.480 e. The van der Waals surface area contributed by atoms with Crippen molar-refractivity contribution in [1.82, 2.24) is 5.32 Å². The van der Waals surface area contributed by atoms with E-state index in [0.29, 0.717) is 46.1 Å². The molecule has 1 amide bonds. The van der Waals surface area contributed by atoms with Gasteiger partial charge >= 0.3 is 12.1 Å². The highest BCUT2D eigenvalue weighted by Gasteiger charge is 2.21. The van der Waals surface area contributed by atoms with Gasteiger partial charge in [0.05, 0.1) is 46.2 Å². The van der Waals surface area contributed by atoms with E-state index in [0.717, 1.165) is 0 Å². The zero-order valence-electron chi connectivity index (χ0n) is 15.3. The van der Waals surface area contributed by atoms with Gasteiger partial charge in [-0.2, -0.15) is 0 Å². The lowest BCUT2D eigenvalue weighted by Gasteiger charge is -2.16. The first-order valence-corrected chi connectivity index (χ1v) is 8.35. The van der Waals surface area contributed by atoms with Crippen LogP contribution < -0.4 is 5.32 Å². The molecular weight excluding hydrogens is 334 g/mol. The van der Waals surface area contributed by atoms with Gasteiger partial charge in [-0.15, -0.1) is 0 Å². The van der Waals surface area contributed by atoms with E-state index >= 15 is 0 Å². The van der Waals surface area contributed by atoms with Crippen molar-refractivity contribution >= 4 is 12.1 Å². The van der Waals surface area contributed by atoms with Crippen LogP contribution in [-0.4, -0.2) is 83.2 Å². The zero-order chi connectivity index (χ0) is 18.9. The van der Waals surface area contributed by atoms with Crippen molar-refractivity contribution in [2.45, 2.75) is 26.3 Å². The third kappa shape index (κ3) is 15.8. The van der Waals surface area contributed by atoms with Crippen molar-refractivity contribution in [3.05, 3.63) is 0 Å². The van der Waals surface area contributed by atoms with Crippen molar-refractivity contribution in [3.8, 4) is 0 Å². The van der Waals surface area contributed by atoms with Crippen molar-refractivity contribution in [3.63, 3.8) is 0 Å². The van der Waals surface area contributed by atoms with Crippen LogP contribution >= 0.6 is 0 Å². The Morgan fingerprint density at radius 1 is 0.880 bits per heavy atom. The van der Waals surface area contributed by atoms with Gasteiger partial charge in [0.15, 0.2) is 0 Å². The van der Waals surface area contributed by atoms with Gasteiger partial charge < -0.3 is 34.1 Å². The minimum Gasteiger partial charge on any atom is -0.480 e. The monoisotopic (exact) mass is 365 g/mol. The Kier molecular flexibility index (Phi) is 15.2. The number of carboxylic acids is 1. The Balaban J connectivity index is 3.49. The highest BCUT2D eigenvalue weighted by Crippen LogP contribution is 2.05. The first-order valence-electron chi connectivity index (χ1n) is 8.35. The number of alkyl carbamates (subject to hydrolysis) is 1. The minimum atomic E-state index is -1.08. The molecule has 9 heteroatoms. The minimum absolute atomic E-state index is 0.0416. The van der Waals surface area contributed by atoms with Gasteiger partial charge in [0.1, 0.15) is 12.6 Å². The number of hydrogen-bond acceptors (Lipinski definition) is 7. The topological polar surface area (TPSA) is 113 Å². The predicted molar refractivity (Wildman–Crippen MR) is 89.7 cm³/mol. The van der Waals surface area contributed by atoms with Gasteiger partial charge in [-0.05, 0) is 12.3 Å². The standard InChI is InChI=1S/C16H31NO8/c1-13(2)12-14(15(18)19)17-16(20)25-11-10-24-9-8-23-7-6-22-5-4-21-3/h13-14H,4-12H2,1-3H3,(H,17,20)(H,18,19)/t14-/m0/s1. The molecule has 0 spiro atoms. The Morgan fingerprint density at radius 2 is 1.36 bits per heavy atom. The Hall–Kier alpha value is -1.42. The number of rotatable bonds is 16. The molecular formula is C16H31NO8. The van der Waals surface area contributed by atoms with E-state index in [4.69, 9.17) is 28.8 Å². The number of hydrogen-bond donors (Lipinski definition) is 2. The molecule has 0 radical (unpaired) electrons. The summed E-state index contributed by atoms with van der Waals surface area (Å²) in [7, 11) is 1.61. The van der Waals surface area contributed by atoms with E-state index in [9.17, 15) is 9.59 Å². The van der Waals surface area contributed by atoms with E-state index in [2.05, 4.69) is 5.32 Å². The molecule has 0 aromatic heterocycles. The summed E-state index contributed by atoms with van der Waals surface area (Å²) in [5.74, 6) is -0.930. The van der Waals surface area contributed by atoms with Gasteiger partial charge in [0.2, 0.25) is 0 Å². The molecule has 0 aliphatic carbocycles. The van der Waals surface area contributed by atoms with Crippen molar-refractivity contribution in [2.24, 2.45) is 5.92 Å². The van der Waals surface area contributed by atoms with Crippen LogP contribution in [0.3, 0.4) is 0 Å². The molecule has 0 heterocycles. The fourth-order valence-corrected chi connectivity index (χ4v) is 1.75. The smallest absolute Gasteiger partial charge is 0.407 e. The number of aliphatic carboxylic acids is 1. The number of ether oxygens (including phenoxy) is 5. The number of amides is 1. The Labute approximate surface area is 148 Å². The molecule has 0 rings (SSSR count). The number of carboxylic acid groups (broad SMARTS) is 1. The summed E-state index contributed by atoms with van der Waals surface area (Å²) in [6.07, 6.45) is -0.422. The fraction of sp³-hybridized carbons (Fsp3) is 0.875. The summed E-state index contributed by atoms with van der Waals surface area (Å²) in [6.45, 7) is 6.85. The molecule has 1 atom stereocenters. The van der Waals surface area contributed by atoms with Gasteiger partial charge in [0, 0.05) is 7.11 Å². The highest BCUT2D eigenvalue weighted by atomic mass is 16.6. The maximum atomic E-state index is 11.5. The van der Waals surface area contributed by atoms with E-state index in [1.54, 1.807) is 7.11 Å². The lowest BCUT2D eigenvalue weighted by Crippen LogP contribution is -2.42. The fourth-order valence-electron chi connectivity index (χ4n) is 1.75. The number of carbonyl (C=O) groups is 2. The van der Waals surface area contributed by atoms with E-state index < -0.39 is 18.1 Å². The van der Waals surface area contributed by atoms with Crippen LogP contribution in [0.25, 0.3) is 0 Å². The quantitative estimate of drug-likeness (QED) is 0.388. The summed E-state index contributed by atoms with van der Waals surface area (Å²) in [4.78, 5) is 22.5. The van der Waals surface area contributed by atoms with Crippen LogP contribution in [0.1, 0.15) is 20.3 Å². The molecule has 0 fully saturated rings.